The molecule has 134 valence electrons. The number of aryl methyl sites for hydroxylation is 1. The highest BCUT2D eigenvalue weighted by atomic mass is 32.2. The van der Waals surface area contributed by atoms with E-state index in [2.05, 4.69) is 10.6 Å². The van der Waals surface area contributed by atoms with Crippen LogP contribution in [0.1, 0.15) is 5.56 Å². The third-order valence-corrected chi connectivity index (χ3v) is 5.07. The van der Waals surface area contributed by atoms with Gasteiger partial charge in [0, 0.05) is 16.3 Å². The number of alkyl halides is 2. The Morgan fingerprint density at radius 1 is 1.12 bits per heavy atom. The van der Waals surface area contributed by atoms with Crippen LogP contribution >= 0.6 is 24.0 Å². The van der Waals surface area contributed by atoms with E-state index in [1.807, 2.05) is 0 Å². The summed E-state index contributed by atoms with van der Waals surface area (Å²) in [6.07, 6.45) is 0. The summed E-state index contributed by atoms with van der Waals surface area (Å²) in [7, 11) is -3.83. The molecule has 0 spiro atoms. The van der Waals surface area contributed by atoms with E-state index in [-0.39, 0.29) is 10.0 Å². The molecule has 0 aromatic heterocycles. The fourth-order valence-corrected chi connectivity index (χ4v) is 3.54. The summed E-state index contributed by atoms with van der Waals surface area (Å²) in [6.45, 7) is 1.64. The summed E-state index contributed by atoms with van der Waals surface area (Å²) in [5, 5.41) is 11.1. The molecule has 0 aliphatic carbocycles. The lowest BCUT2D eigenvalue weighted by molar-refractivity contribution is 0.252. The van der Waals surface area contributed by atoms with Crippen molar-refractivity contribution in [3.05, 3.63) is 48.0 Å². The van der Waals surface area contributed by atoms with Crippen molar-refractivity contribution in [2.45, 2.75) is 22.5 Å². The molecule has 2 aromatic rings. The summed E-state index contributed by atoms with van der Waals surface area (Å²) in [6, 6.07) is 11.0. The molecule has 0 aliphatic heterocycles. The molecule has 5 nitrogen and oxygen atoms in total. The lowest BCUT2D eigenvalue weighted by atomic mass is 10.2. The highest BCUT2D eigenvalue weighted by molar-refractivity contribution is 7.99. The minimum Gasteiger partial charge on any atom is -0.332 e. The summed E-state index contributed by atoms with van der Waals surface area (Å²) in [4.78, 5) is 0.449. The monoisotopic (exact) mass is 403 g/mol. The second kappa shape index (κ2) is 8.09. The number of halogens is 2. The van der Waals surface area contributed by atoms with Crippen LogP contribution in [0, 0.1) is 6.92 Å². The Morgan fingerprint density at radius 2 is 1.68 bits per heavy atom. The maximum absolute atomic E-state index is 12.3. The first-order valence-corrected chi connectivity index (χ1v) is 9.75. The fraction of sp³-hybridized carbons (Fsp3) is 0.133. The van der Waals surface area contributed by atoms with E-state index in [0.29, 0.717) is 33.6 Å². The highest BCUT2D eigenvalue weighted by Crippen LogP contribution is 2.26. The van der Waals surface area contributed by atoms with E-state index in [1.54, 1.807) is 43.3 Å². The Labute approximate surface area is 154 Å². The Balaban J connectivity index is 2.05. The van der Waals surface area contributed by atoms with Crippen LogP contribution < -0.4 is 15.8 Å². The summed E-state index contributed by atoms with van der Waals surface area (Å²) in [5.41, 5.74) is 1.59. The Hall–Kier alpha value is -1.75. The van der Waals surface area contributed by atoms with E-state index in [0.717, 1.165) is 0 Å². The standard InChI is InChI=1S/C15H15F2N3O2S3/c1-9-2-3-11(8-13(9)25(18,21)22)20-15(23)19-10-4-6-12(7-5-10)24-14(16)17/h2-8,14H,1H3,(H2,18,21,22)(H2,19,20,23). The molecule has 2 rings (SSSR count). The van der Waals surface area contributed by atoms with Crippen molar-refractivity contribution in [2.75, 3.05) is 10.6 Å². The normalized spacial score (nSPS) is 11.4. The SMILES string of the molecule is Cc1ccc(NC(=S)Nc2ccc(SC(F)F)cc2)cc1S(N)(=O)=O. The predicted octanol–water partition coefficient (Wildman–Crippen LogP) is 3.77. The number of primary sulfonamides is 1. The molecule has 0 aliphatic rings. The van der Waals surface area contributed by atoms with Crippen molar-refractivity contribution in [1.29, 1.82) is 0 Å². The predicted molar refractivity (Wildman–Crippen MR) is 101 cm³/mol. The average Bonchev–Trinajstić information content (AvgIpc) is 2.49. The third-order valence-electron chi connectivity index (χ3n) is 3.09. The van der Waals surface area contributed by atoms with Crippen molar-refractivity contribution in [3.63, 3.8) is 0 Å². The number of hydrogen-bond donors (Lipinski definition) is 3. The molecule has 10 heteroatoms. The van der Waals surface area contributed by atoms with Crippen molar-refractivity contribution in [3.8, 4) is 0 Å². The van der Waals surface area contributed by atoms with Gasteiger partial charge < -0.3 is 10.6 Å². The van der Waals surface area contributed by atoms with Crippen molar-refractivity contribution >= 4 is 50.5 Å². The van der Waals surface area contributed by atoms with Crippen LogP contribution in [-0.2, 0) is 10.0 Å². The lowest BCUT2D eigenvalue weighted by Crippen LogP contribution is -2.20. The molecule has 0 heterocycles. The van der Waals surface area contributed by atoms with E-state index in [1.165, 1.54) is 6.07 Å². The van der Waals surface area contributed by atoms with Crippen molar-refractivity contribution in [2.24, 2.45) is 5.14 Å². The van der Waals surface area contributed by atoms with Gasteiger partial charge in [0.25, 0.3) is 5.76 Å². The van der Waals surface area contributed by atoms with Crippen LogP contribution in [0.15, 0.2) is 52.3 Å². The number of hydrogen-bond acceptors (Lipinski definition) is 4. The fourth-order valence-electron chi connectivity index (χ4n) is 2.00. The zero-order valence-electron chi connectivity index (χ0n) is 13.0. The van der Waals surface area contributed by atoms with Gasteiger partial charge in [0.2, 0.25) is 10.0 Å². The average molecular weight is 404 g/mol. The minimum absolute atomic E-state index is 0.00803. The van der Waals surface area contributed by atoms with Crippen LogP contribution in [0.2, 0.25) is 0 Å². The van der Waals surface area contributed by atoms with Gasteiger partial charge in [-0.3, -0.25) is 0 Å². The van der Waals surface area contributed by atoms with E-state index in [9.17, 15) is 17.2 Å². The second-order valence-corrected chi connectivity index (χ2v) is 8.01. The number of thiocarbonyl (C=S) groups is 1. The van der Waals surface area contributed by atoms with Gasteiger partial charge in [-0.25, -0.2) is 13.6 Å². The number of nitrogens with one attached hydrogen (secondary N) is 2. The molecule has 0 saturated carbocycles. The second-order valence-electron chi connectivity index (χ2n) is 5.01. The van der Waals surface area contributed by atoms with Gasteiger partial charge in [0.05, 0.1) is 4.90 Å². The summed E-state index contributed by atoms with van der Waals surface area (Å²) in [5.74, 6) is -2.48. The molecule has 0 atom stereocenters. The number of nitrogens with two attached hydrogens (primary N) is 1. The summed E-state index contributed by atoms with van der Waals surface area (Å²) < 4.78 is 47.6. The van der Waals surface area contributed by atoms with Crippen LogP contribution in [-0.4, -0.2) is 19.3 Å². The molecule has 25 heavy (non-hydrogen) atoms. The molecular formula is C15H15F2N3O2S3. The number of anilines is 2. The molecule has 0 fully saturated rings. The Kier molecular flexibility index (Phi) is 6.33. The van der Waals surface area contributed by atoms with Gasteiger partial charge in [0.1, 0.15) is 0 Å². The quantitative estimate of drug-likeness (QED) is 0.521. The van der Waals surface area contributed by atoms with Gasteiger partial charge in [-0.2, -0.15) is 8.78 Å². The van der Waals surface area contributed by atoms with Crippen molar-refractivity contribution in [1.82, 2.24) is 0 Å². The van der Waals surface area contributed by atoms with Gasteiger partial charge in [-0.1, -0.05) is 17.8 Å². The molecule has 0 radical (unpaired) electrons. The van der Waals surface area contributed by atoms with Crippen LogP contribution in [0.4, 0.5) is 20.2 Å². The first kappa shape index (κ1) is 19.6. The number of thioether (sulfide) groups is 1. The zero-order chi connectivity index (χ0) is 18.6. The largest absolute Gasteiger partial charge is 0.332 e. The number of benzene rings is 2. The molecule has 0 saturated heterocycles. The number of sulfonamides is 1. The third kappa shape index (κ3) is 5.92. The topological polar surface area (TPSA) is 84.2 Å². The van der Waals surface area contributed by atoms with E-state index >= 15 is 0 Å². The Bertz CT molecular complexity index is 872. The smallest absolute Gasteiger partial charge is 0.288 e. The van der Waals surface area contributed by atoms with E-state index in [4.69, 9.17) is 17.4 Å². The van der Waals surface area contributed by atoms with Gasteiger partial charge in [0.15, 0.2) is 5.11 Å². The first-order chi connectivity index (χ1) is 11.6. The van der Waals surface area contributed by atoms with Crippen LogP contribution in [0.3, 0.4) is 0 Å². The highest BCUT2D eigenvalue weighted by Gasteiger charge is 2.12. The van der Waals surface area contributed by atoms with Gasteiger partial charge in [-0.05, 0) is 61.1 Å². The first-order valence-electron chi connectivity index (χ1n) is 6.91. The molecule has 2 aromatic carbocycles. The summed E-state index contributed by atoms with van der Waals surface area (Å²) >= 11 is 5.62. The molecule has 0 amide bonds. The minimum atomic E-state index is -3.83. The lowest BCUT2D eigenvalue weighted by Gasteiger charge is -2.12. The zero-order valence-corrected chi connectivity index (χ0v) is 15.4. The number of rotatable bonds is 5. The van der Waals surface area contributed by atoms with E-state index < -0.39 is 15.8 Å². The molecular weight excluding hydrogens is 388 g/mol. The molecule has 0 unspecified atom stereocenters. The van der Waals surface area contributed by atoms with Gasteiger partial charge in [-0.15, -0.1) is 0 Å². The molecule has 0 bridgehead atoms. The maximum Gasteiger partial charge on any atom is 0.288 e. The van der Waals surface area contributed by atoms with Gasteiger partial charge >= 0.3 is 0 Å². The Morgan fingerprint density at radius 3 is 2.24 bits per heavy atom. The maximum atomic E-state index is 12.3. The van der Waals surface area contributed by atoms with Crippen LogP contribution in [0.25, 0.3) is 0 Å². The van der Waals surface area contributed by atoms with Crippen LogP contribution in [0.5, 0.6) is 0 Å². The van der Waals surface area contributed by atoms with Crippen molar-refractivity contribution < 1.29 is 17.2 Å². The molecule has 4 N–H and O–H groups in total.